The number of anilines is 2. The Morgan fingerprint density at radius 1 is 1.07 bits per heavy atom. The first-order valence-electron chi connectivity index (χ1n) is 8.99. The summed E-state index contributed by atoms with van der Waals surface area (Å²) in [7, 11) is 0. The van der Waals surface area contributed by atoms with Crippen LogP contribution in [0, 0.1) is 0 Å². The summed E-state index contributed by atoms with van der Waals surface area (Å²) in [5.74, 6) is 0.196. The van der Waals surface area contributed by atoms with E-state index in [1.807, 2.05) is 55.5 Å². The van der Waals surface area contributed by atoms with Gasteiger partial charge in [0, 0.05) is 10.9 Å². The fourth-order valence-electron chi connectivity index (χ4n) is 3.53. The van der Waals surface area contributed by atoms with Crippen LogP contribution in [0.25, 0.3) is 10.8 Å². The molecule has 2 amide bonds. The van der Waals surface area contributed by atoms with Crippen LogP contribution in [-0.4, -0.2) is 24.5 Å². The van der Waals surface area contributed by atoms with Crippen molar-refractivity contribution in [1.29, 1.82) is 0 Å². The first kappa shape index (κ1) is 17.1. The van der Waals surface area contributed by atoms with Gasteiger partial charge in [-0.3, -0.25) is 14.5 Å². The molecule has 27 heavy (non-hydrogen) atoms. The van der Waals surface area contributed by atoms with Crippen LogP contribution >= 0.6 is 0 Å². The maximum absolute atomic E-state index is 13.0. The molecule has 0 saturated heterocycles. The van der Waals surface area contributed by atoms with E-state index in [0.717, 1.165) is 16.5 Å². The summed E-state index contributed by atoms with van der Waals surface area (Å²) in [6.45, 7) is 4.13. The molecule has 0 aliphatic carbocycles. The predicted molar refractivity (Wildman–Crippen MR) is 106 cm³/mol. The Morgan fingerprint density at radius 3 is 2.59 bits per heavy atom. The van der Waals surface area contributed by atoms with Crippen molar-refractivity contribution < 1.29 is 14.3 Å². The summed E-state index contributed by atoms with van der Waals surface area (Å²) >= 11 is 0. The molecule has 5 heteroatoms. The lowest BCUT2D eigenvalue weighted by molar-refractivity contribution is -0.117. The number of amides is 2. The highest BCUT2D eigenvalue weighted by Crippen LogP contribution is 2.38. The van der Waals surface area contributed by atoms with Gasteiger partial charge in [-0.1, -0.05) is 36.4 Å². The largest absolute Gasteiger partial charge is 0.492 e. The van der Waals surface area contributed by atoms with E-state index in [1.165, 1.54) is 0 Å². The van der Waals surface area contributed by atoms with Crippen LogP contribution in [0.2, 0.25) is 0 Å². The molecule has 0 aromatic heterocycles. The molecule has 3 aromatic rings. The van der Waals surface area contributed by atoms with E-state index in [-0.39, 0.29) is 11.8 Å². The summed E-state index contributed by atoms with van der Waals surface area (Å²) in [5, 5.41) is 4.79. The number of benzene rings is 3. The third-order valence-corrected chi connectivity index (χ3v) is 4.80. The van der Waals surface area contributed by atoms with Crippen molar-refractivity contribution in [3.8, 4) is 5.75 Å². The molecule has 3 aromatic carbocycles. The second-order valence-corrected chi connectivity index (χ2v) is 6.45. The molecule has 0 radical (unpaired) electrons. The van der Waals surface area contributed by atoms with E-state index in [1.54, 1.807) is 24.0 Å². The van der Waals surface area contributed by atoms with Gasteiger partial charge in [0.15, 0.2) is 0 Å². The smallest absolute Gasteiger partial charge is 0.259 e. The van der Waals surface area contributed by atoms with Gasteiger partial charge in [0.25, 0.3) is 5.91 Å². The number of hydrogen-bond acceptors (Lipinski definition) is 3. The minimum atomic E-state index is -0.662. The minimum absolute atomic E-state index is 0.150. The van der Waals surface area contributed by atoms with Gasteiger partial charge in [0.1, 0.15) is 11.8 Å². The highest BCUT2D eigenvalue weighted by molar-refractivity contribution is 6.27. The zero-order valence-electron chi connectivity index (χ0n) is 15.2. The molecule has 1 atom stereocenters. The number of nitrogens with one attached hydrogen (secondary N) is 1. The van der Waals surface area contributed by atoms with E-state index in [4.69, 9.17) is 4.74 Å². The summed E-state index contributed by atoms with van der Waals surface area (Å²) in [6.07, 6.45) is 0. The highest BCUT2D eigenvalue weighted by atomic mass is 16.5. The van der Waals surface area contributed by atoms with Crippen molar-refractivity contribution in [1.82, 2.24) is 0 Å². The van der Waals surface area contributed by atoms with Gasteiger partial charge in [0.05, 0.1) is 18.0 Å². The van der Waals surface area contributed by atoms with E-state index in [9.17, 15) is 9.59 Å². The molecule has 1 aliphatic heterocycles. The van der Waals surface area contributed by atoms with Crippen LogP contribution in [0.4, 0.5) is 11.4 Å². The molecule has 1 N–H and O–H groups in total. The van der Waals surface area contributed by atoms with E-state index >= 15 is 0 Å². The molecule has 1 heterocycles. The van der Waals surface area contributed by atoms with Crippen molar-refractivity contribution >= 4 is 34.0 Å². The van der Waals surface area contributed by atoms with Crippen LogP contribution in [-0.2, 0) is 4.79 Å². The molecule has 4 rings (SSSR count). The molecule has 136 valence electrons. The van der Waals surface area contributed by atoms with Crippen LogP contribution in [0.3, 0.4) is 0 Å². The number of carbonyl (C=O) groups is 2. The fraction of sp³-hybridized carbons (Fsp3) is 0.182. The van der Waals surface area contributed by atoms with Gasteiger partial charge >= 0.3 is 0 Å². The lowest BCUT2D eigenvalue weighted by atomic mass is 10.1. The molecule has 0 bridgehead atoms. The zero-order chi connectivity index (χ0) is 19.0. The molecule has 0 spiro atoms. The first-order chi connectivity index (χ1) is 13.1. The maximum Gasteiger partial charge on any atom is 0.259 e. The van der Waals surface area contributed by atoms with Gasteiger partial charge in [-0.2, -0.15) is 0 Å². The lowest BCUT2D eigenvalue weighted by Crippen LogP contribution is -2.44. The number of carbonyl (C=O) groups excluding carboxylic acids is 2. The Hall–Kier alpha value is -3.34. The lowest BCUT2D eigenvalue weighted by Gasteiger charge is -2.25. The molecule has 0 unspecified atom stereocenters. The van der Waals surface area contributed by atoms with Crippen molar-refractivity contribution in [3.63, 3.8) is 0 Å². The Kier molecular flexibility index (Phi) is 4.28. The van der Waals surface area contributed by atoms with Crippen LogP contribution in [0.5, 0.6) is 5.75 Å². The first-order valence-corrected chi connectivity index (χ1v) is 8.99. The van der Waals surface area contributed by atoms with E-state index in [2.05, 4.69) is 5.32 Å². The second-order valence-electron chi connectivity index (χ2n) is 6.45. The Morgan fingerprint density at radius 2 is 1.81 bits per heavy atom. The van der Waals surface area contributed by atoms with Gasteiger partial charge in [0.2, 0.25) is 5.91 Å². The minimum Gasteiger partial charge on any atom is -0.492 e. The van der Waals surface area contributed by atoms with Crippen molar-refractivity contribution in [2.45, 2.75) is 19.9 Å². The van der Waals surface area contributed by atoms with Crippen molar-refractivity contribution in [2.24, 2.45) is 0 Å². The quantitative estimate of drug-likeness (QED) is 0.741. The summed E-state index contributed by atoms with van der Waals surface area (Å²) < 4.78 is 5.57. The number of rotatable bonds is 5. The van der Waals surface area contributed by atoms with Gasteiger partial charge in [-0.25, -0.2) is 0 Å². The SMILES string of the molecule is CCOc1ccccc1NC(=O)[C@@H](C)N1C(=O)c2cccc3cccc1c23. The zero-order valence-corrected chi connectivity index (χ0v) is 15.2. The summed E-state index contributed by atoms with van der Waals surface area (Å²) in [5.41, 5.74) is 2.00. The van der Waals surface area contributed by atoms with Crippen LogP contribution < -0.4 is 15.0 Å². The second kappa shape index (κ2) is 6.76. The third kappa shape index (κ3) is 2.81. The average Bonchev–Trinajstić information content (AvgIpc) is 2.97. The predicted octanol–water partition coefficient (Wildman–Crippen LogP) is 4.23. The van der Waals surface area contributed by atoms with Gasteiger partial charge < -0.3 is 10.1 Å². The number of nitrogens with zero attached hydrogens (tertiary/aromatic N) is 1. The molecule has 0 saturated carbocycles. The van der Waals surface area contributed by atoms with Crippen molar-refractivity contribution in [3.05, 3.63) is 66.2 Å². The van der Waals surface area contributed by atoms with Gasteiger partial charge in [-0.15, -0.1) is 0 Å². The molecular formula is C22H20N2O3. The summed E-state index contributed by atoms with van der Waals surface area (Å²) in [6, 6.07) is 18.0. The monoisotopic (exact) mass is 360 g/mol. The topological polar surface area (TPSA) is 58.6 Å². The third-order valence-electron chi connectivity index (χ3n) is 4.80. The maximum atomic E-state index is 13.0. The number of ether oxygens (including phenoxy) is 1. The Balaban J connectivity index is 1.64. The average molecular weight is 360 g/mol. The Bertz CT molecular complexity index is 1040. The molecule has 0 fully saturated rings. The standard InChI is InChI=1S/C22H20N2O3/c1-3-27-19-13-5-4-11-17(19)23-21(25)14(2)24-18-12-7-9-15-8-6-10-16(20(15)18)22(24)26/h4-14H,3H2,1-2H3,(H,23,25)/t14-/m1/s1. The number of para-hydroxylation sites is 2. The Labute approximate surface area is 157 Å². The van der Waals surface area contributed by atoms with Crippen LogP contribution in [0.1, 0.15) is 24.2 Å². The van der Waals surface area contributed by atoms with Crippen LogP contribution in [0.15, 0.2) is 60.7 Å². The van der Waals surface area contributed by atoms with Gasteiger partial charge in [-0.05, 0) is 43.5 Å². The summed E-state index contributed by atoms with van der Waals surface area (Å²) in [4.78, 5) is 27.4. The van der Waals surface area contributed by atoms with Crippen molar-refractivity contribution in [2.75, 3.05) is 16.8 Å². The normalized spacial score (nSPS) is 13.7. The van der Waals surface area contributed by atoms with E-state index in [0.29, 0.717) is 23.6 Å². The fourth-order valence-corrected chi connectivity index (χ4v) is 3.53. The molecular weight excluding hydrogens is 340 g/mol. The molecule has 1 aliphatic rings. The highest BCUT2D eigenvalue weighted by Gasteiger charge is 2.35. The molecule has 5 nitrogen and oxygen atoms in total. The number of hydrogen-bond donors (Lipinski definition) is 1. The van der Waals surface area contributed by atoms with E-state index < -0.39 is 6.04 Å².